The Morgan fingerprint density at radius 1 is 0.926 bits per heavy atom. The number of fused-ring (bicyclic) bond motifs is 1. The van der Waals surface area contributed by atoms with Crippen molar-refractivity contribution in [3.05, 3.63) is 78.6 Å². The number of benzene rings is 2. The first-order chi connectivity index (χ1) is 13.2. The van der Waals surface area contributed by atoms with E-state index in [1.54, 1.807) is 25.5 Å². The third-order valence-electron chi connectivity index (χ3n) is 4.54. The summed E-state index contributed by atoms with van der Waals surface area (Å²) in [7, 11) is 1.62. The minimum absolute atomic E-state index is 0.124. The summed E-state index contributed by atoms with van der Waals surface area (Å²) in [6, 6.07) is 19.3. The Kier molecular flexibility index (Phi) is 4.26. The Bertz CT molecular complexity index is 1150. The fourth-order valence-corrected chi connectivity index (χ4v) is 3.17. The Labute approximate surface area is 156 Å². The highest BCUT2D eigenvalue weighted by molar-refractivity contribution is 5.98. The maximum absolute atomic E-state index is 11.9. The normalized spacial score (nSPS) is 10.7. The van der Waals surface area contributed by atoms with E-state index < -0.39 is 0 Å². The van der Waals surface area contributed by atoms with Crippen molar-refractivity contribution in [3.8, 4) is 22.3 Å². The quantitative estimate of drug-likeness (QED) is 0.584. The first-order valence-electron chi connectivity index (χ1n) is 8.59. The van der Waals surface area contributed by atoms with Gasteiger partial charge in [0.25, 0.3) is 5.91 Å². The van der Waals surface area contributed by atoms with Crippen LogP contribution in [0.5, 0.6) is 0 Å². The van der Waals surface area contributed by atoms with Crippen molar-refractivity contribution in [2.45, 2.75) is 0 Å². The number of hydrogen-bond donors (Lipinski definition) is 2. The predicted molar refractivity (Wildman–Crippen MR) is 108 cm³/mol. The number of amides is 1. The molecule has 132 valence electrons. The summed E-state index contributed by atoms with van der Waals surface area (Å²) in [6.07, 6.45) is 3.50. The molecule has 0 spiro atoms. The second-order valence-electron chi connectivity index (χ2n) is 6.19. The number of aromatic nitrogens is 2. The van der Waals surface area contributed by atoms with E-state index in [4.69, 9.17) is 5.73 Å². The molecule has 27 heavy (non-hydrogen) atoms. The van der Waals surface area contributed by atoms with Gasteiger partial charge in [-0.15, -0.1) is 0 Å². The molecule has 0 atom stereocenters. The number of nitrogens with zero attached hydrogens (tertiary/aromatic N) is 2. The predicted octanol–water partition coefficient (Wildman–Crippen LogP) is 3.91. The number of anilines is 1. The molecule has 1 amide bonds. The largest absolute Gasteiger partial charge is 0.383 e. The van der Waals surface area contributed by atoms with Crippen LogP contribution in [-0.4, -0.2) is 22.9 Å². The second kappa shape index (κ2) is 6.88. The SMILES string of the molecule is CNC(=O)c1cccc(-c2cnc(N)c(-c3cccc4ncccc34)c2)c1. The number of nitrogens with one attached hydrogen (secondary N) is 1. The maximum atomic E-state index is 11.9. The third-order valence-corrected chi connectivity index (χ3v) is 4.54. The van der Waals surface area contributed by atoms with Crippen LogP contribution in [-0.2, 0) is 0 Å². The highest BCUT2D eigenvalue weighted by atomic mass is 16.1. The van der Waals surface area contributed by atoms with Crippen LogP contribution in [0.4, 0.5) is 5.82 Å². The number of carbonyl (C=O) groups excluding carboxylic acids is 1. The van der Waals surface area contributed by atoms with Crippen LogP contribution in [0.15, 0.2) is 73.1 Å². The number of hydrogen-bond acceptors (Lipinski definition) is 4. The fraction of sp³-hybridized carbons (Fsp3) is 0.0455. The number of rotatable bonds is 3. The molecule has 0 aliphatic carbocycles. The van der Waals surface area contributed by atoms with E-state index in [1.807, 2.05) is 54.6 Å². The first kappa shape index (κ1) is 16.7. The van der Waals surface area contributed by atoms with Crippen LogP contribution in [0, 0.1) is 0 Å². The molecule has 4 aromatic rings. The highest BCUT2D eigenvalue weighted by Crippen LogP contribution is 2.33. The molecule has 0 saturated carbocycles. The summed E-state index contributed by atoms with van der Waals surface area (Å²) < 4.78 is 0. The molecular weight excluding hydrogens is 336 g/mol. The molecule has 0 bridgehead atoms. The molecule has 2 heterocycles. The van der Waals surface area contributed by atoms with Crippen LogP contribution in [0.1, 0.15) is 10.4 Å². The zero-order valence-corrected chi connectivity index (χ0v) is 14.8. The lowest BCUT2D eigenvalue weighted by Crippen LogP contribution is -2.17. The van der Waals surface area contributed by atoms with Crippen LogP contribution in [0.3, 0.4) is 0 Å². The molecule has 2 aromatic carbocycles. The van der Waals surface area contributed by atoms with Gasteiger partial charge in [-0.3, -0.25) is 9.78 Å². The van der Waals surface area contributed by atoms with Gasteiger partial charge in [0.1, 0.15) is 5.82 Å². The number of carbonyl (C=O) groups is 1. The molecular formula is C22H18N4O. The lowest BCUT2D eigenvalue weighted by atomic mass is 9.97. The van der Waals surface area contributed by atoms with Gasteiger partial charge in [-0.05, 0) is 41.5 Å². The molecule has 3 N–H and O–H groups in total. The monoisotopic (exact) mass is 354 g/mol. The van der Waals surface area contributed by atoms with Gasteiger partial charge in [-0.1, -0.05) is 30.3 Å². The van der Waals surface area contributed by atoms with Gasteiger partial charge in [0.2, 0.25) is 0 Å². The summed E-state index contributed by atoms with van der Waals surface area (Å²) in [5, 5.41) is 3.66. The molecule has 0 radical (unpaired) electrons. The standard InChI is InChI=1S/C22H18N4O/c1-24-22(27)15-6-2-5-14(11-15)16-12-19(21(23)26-13-16)17-7-3-9-20-18(17)8-4-10-25-20/h2-13H,1H3,(H2,23,26)(H,24,27). The smallest absolute Gasteiger partial charge is 0.251 e. The Balaban J connectivity index is 1.87. The van der Waals surface area contributed by atoms with Crippen molar-refractivity contribution in [2.75, 3.05) is 12.8 Å². The summed E-state index contributed by atoms with van der Waals surface area (Å²) in [5.41, 5.74) is 11.3. The van der Waals surface area contributed by atoms with Crippen molar-refractivity contribution in [2.24, 2.45) is 0 Å². The molecule has 4 rings (SSSR count). The molecule has 0 fully saturated rings. The van der Waals surface area contributed by atoms with E-state index in [9.17, 15) is 4.79 Å². The van der Waals surface area contributed by atoms with Crippen LogP contribution in [0.2, 0.25) is 0 Å². The van der Waals surface area contributed by atoms with E-state index in [0.717, 1.165) is 33.2 Å². The molecule has 0 unspecified atom stereocenters. The van der Waals surface area contributed by atoms with Gasteiger partial charge >= 0.3 is 0 Å². The van der Waals surface area contributed by atoms with Crippen molar-refractivity contribution < 1.29 is 4.79 Å². The highest BCUT2D eigenvalue weighted by Gasteiger charge is 2.11. The molecule has 0 aliphatic heterocycles. The summed E-state index contributed by atoms with van der Waals surface area (Å²) in [5.74, 6) is 0.332. The van der Waals surface area contributed by atoms with E-state index in [1.165, 1.54) is 0 Å². The van der Waals surface area contributed by atoms with Crippen LogP contribution >= 0.6 is 0 Å². The summed E-state index contributed by atoms with van der Waals surface area (Å²) >= 11 is 0. The van der Waals surface area contributed by atoms with Gasteiger partial charge in [0, 0.05) is 41.5 Å². The Morgan fingerprint density at radius 2 is 1.78 bits per heavy atom. The molecule has 5 nitrogen and oxygen atoms in total. The van der Waals surface area contributed by atoms with E-state index in [2.05, 4.69) is 15.3 Å². The Hall–Kier alpha value is -3.73. The van der Waals surface area contributed by atoms with E-state index >= 15 is 0 Å². The van der Waals surface area contributed by atoms with Crippen molar-refractivity contribution in [1.82, 2.24) is 15.3 Å². The first-order valence-corrected chi connectivity index (χ1v) is 8.59. The molecule has 5 heteroatoms. The number of nitrogen functional groups attached to an aromatic ring is 1. The molecule has 0 aliphatic rings. The van der Waals surface area contributed by atoms with E-state index in [0.29, 0.717) is 11.4 Å². The van der Waals surface area contributed by atoms with Crippen molar-refractivity contribution in [1.29, 1.82) is 0 Å². The number of nitrogens with two attached hydrogens (primary N) is 1. The van der Waals surface area contributed by atoms with Gasteiger partial charge in [-0.25, -0.2) is 4.98 Å². The maximum Gasteiger partial charge on any atom is 0.251 e. The summed E-state index contributed by atoms with van der Waals surface area (Å²) in [4.78, 5) is 20.7. The lowest BCUT2D eigenvalue weighted by molar-refractivity contribution is 0.0963. The fourth-order valence-electron chi connectivity index (χ4n) is 3.17. The lowest BCUT2D eigenvalue weighted by Gasteiger charge is -2.11. The average molecular weight is 354 g/mol. The van der Waals surface area contributed by atoms with Gasteiger partial charge in [0.05, 0.1) is 5.52 Å². The van der Waals surface area contributed by atoms with E-state index in [-0.39, 0.29) is 5.91 Å². The Morgan fingerprint density at radius 3 is 2.63 bits per heavy atom. The van der Waals surface area contributed by atoms with Crippen molar-refractivity contribution in [3.63, 3.8) is 0 Å². The van der Waals surface area contributed by atoms with Crippen molar-refractivity contribution >= 4 is 22.6 Å². The van der Waals surface area contributed by atoms with Crippen LogP contribution in [0.25, 0.3) is 33.2 Å². The van der Waals surface area contributed by atoms with Gasteiger partial charge in [-0.2, -0.15) is 0 Å². The zero-order chi connectivity index (χ0) is 18.8. The van der Waals surface area contributed by atoms with Gasteiger partial charge < -0.3 is 11.1 Å². The topological polar surface area (TPSA) is 80.9 Å². The molecule has 2 aromatic heterocycles. The second-order valence-corrected chi connectivity index (χ2v) is 6.19. The average Bonchev–Trinajstić information content (AvgIpc) is 2.73. The number of pyridine rings is 2. The van der Waals surface area contributed by atoms with Crippen LogP contribution < -0.4 is 11.1 Å². The zero-order valence-electron chi connectivity index (χ0n) is 14.8. The minimum Gasteiger partial charge on any atom is -0.383 e. The van der Waals surface area contributed by atoms with Gasteiger partial charge in [0.15, 0.2) is 0 Å². The summed E-state index contributed by atoms with van der Waals surface area (Å²) in [6.45, 7) is 0. The third kappa shape index (κ3) is 3.11. The molecule has 0 saturated heterocycles. The minimum atomic E-state index is -0.124.